The number of ether oxygens (including phenoxy) is 1. The number of aromatic nitrogens is 2. The van der Waals surface area contributed by atoms with Gasteiger partial charge in [0.15, 0.2) is 0 Å². The molecule has 1 aromatic heterocycles. The van der Waals surface area contributed by atoms with E-state index in [4.69, 9.17) is 22.7 Å². The third kappa shape index (κ3) is 3.81. The quantitative estimate of drug-likeness (QED) is 0.628. The maximum atomic E-state index is 5.72. The standard InChI is InChI=1S/C15H19N3OS/c1-2-14-17-7-9-18(14)8-4-10-19-13-6-3-5-12(11-13)15(16)20/h3,5-7,9,11H,2,4,8,10H2,1H3,(H2,16,20). The molecular formula is C15H19N3OS. The summed E-state index contributed by atoms with van der Waals surface area (Å²) in [6, 6.07) is 7.57. The van der Waals surface area contributed by atoms with Gasteiger partial charge in [0.05, 0.1) is 6.61 Å². The van der Waals surface area contributed by atoms with Crippen LogP contribution < -0.4 is 10.5 Å². The summed E-state index contributed by atoms with van der Waals surface area (Å²) in [5, 5.41) is 0. The molecule has 0 radical (unpaired) electrons. The minimum absolute atomic E-state index is 0.390. The molecule has 0 amide bonds. The molecule has 1 aromatic carbocycles. The van der Waals surface area contributed by atoms with Crippen LogP contribution in [0.4, 0.5) is 0 Å². The highest BCUT2D eigenvalue weighted by Gasteiger charge is 2.01. The van der Waals surface area contributed by atoms with E-state index >= 15 is 0 Å². The molecule has 0 bridgehead atoms. The number of imidazole rings is 1. The van der Waals surface area contributed by atoms with E-state index in [-0.39, 0.29) is 0 Å². The van der Waals surface area contributed by atoms with Gasteiger partial charge in [-0.2, -0.15) is 0 Å². The lowest BCUT2D eigenvalue weighted by Crippen LogP contribution is -2.10. The Morgan fingerprint density at radius 3 is 3.05 bits per heavy atom. The van der Waals surface area contributed by atoms with Crippen molar-refractivity contribution in [2.75, 3.05) is 6.61 Å². The third-order valence-corrected chi connectivity index (χ3v) is 3.28. The highest BCUT2D eigenvalue weighted by molar-refractivity contribution is 7.80. The monoisotopic (exact) mass is 289 g/mol. The number of nitrogens with two attached hydrogens (primary N) is 1. The summed E-state index contributed by atoms with van der Waals surface area (Å²) >= 11 is 4.95. The van der Waals surface area contributed by atoms with Crippen molar-refractivity contribution in [2.24, 2.45) is 5.73 Å². The van der Waals surface area contributed by atoms with Crippen molar-refractivity contribution in [3.8, 4) is 5.75 Å². The van der Waals surface area contributed by atoms with Crippen LogP contribution >= 0.6 is 12.2 Å². The first-order chi connectivity index (χ1) is 9.70. The van der Waals surface area contributed by atoms with Gasteiger partial charge in [-0.05, 0) is 18.6 Å². The van der Waals surface area contributed by atoms with Crippen molar-refractivity contribution in [3.05, 3.63) is 48.0 Å². The molecule has 1 heterocycles. The zero-order chi connectivity index (χ0) is 14.4. The van der Waals surface area contributed by atoms with Crippen LogP contribution in [0, 0.1) is 0 Å². The first-order valence-corrected chi connectivity index (χ1v) is 7.14. The smallest absolute Gasteiger partial charge is 0.119 e. The molecular weight excluding hydrogens is 270 g/mol. The van der Waals surface area contributed by atoms with Gasteiger partial charge in [-0.15, -0.1) is 0 Å². The number of rotatable bonds is 7. The van der Waals surface area contributed by atoms with E-state index in [1.807, 2.05) is 36.7 Å². The lowest BCUT2D eigenvalue weighted by molar-refractivity contribution is 0.301. The Kier molecular flexibility index (Phi) is 5.12. The largest absolute Gasteiger partial charge is 0.494 e. The molecule has 5 heteroatoms. The normalized spacial score (nSPS) is 10.4. The summed E-state index contributed by atoms with van der Waals surface area (Å²) in [6.07, 6.45) is 5.72. The molecule has 2 N–H and O–H groups in total. The fraction of sp³-hybridized carbons (Fsp3) is 0.333. The predicted octanol–water partition coefficient (Wildman–Crippen LogP) is 2.55. The SMILES string of the molecule is CCc1nccn1CCCOc1cccc(C(N)=S)c1. The molecule has 0 spiro atoms. The van der Waals surface area contributed by atoms with E-state index < -0.39 is 0 Å². The molecule has 0 unspecified atom stereocenters. The molecule has 0 atom stereocenters. The Hall–Kier alpha value is -1.88. The highest BCUT2D eigenvalue weighted by Crippen LogP contribution is 2.13. The Balaban J connectivity index is 1.81. The van der Waals surface area contributed by atoms with E-state index in [0.29, 0.717) is 11.6 Å². The number of aryl methyl sites for hydroxylation is 2. The van der Waals surface area contributed by atoms with Gasteiger partial charge < -0.3 is 15.0 Å². The molecule has 0 aliphatic rings. The topological polar surface area (TPSA) is 53.1 Å². The first-order valence-electron chi connectivity index (χ1n) is 6.73. The average molecular weight is 289 g/mol. The van der Waals surface area contributed by atoms with E-state index in [1.54, 1.807) is 0 Å². The van der Waals surface area contributed by atoms with Gasteiger partial charge in [-0.3, -0.25) is 0 Å². The van der Waals surface area contributed by atoms with Gasteiger partial charge in [0.1, 0.15) is 16.6 Å². The summed E-state index contributed by atoms with van der Waals surface area (Å²) in [4.78, 5) is 4.69. The molecule has 2 aromatic rings. The zero-order valence-corrected chi connectivity index (χ0v) is 12.4. The Morgan fingerprint density at radius 2 is 2.30 bits per heavy atom. The maximum Gasteiger partial charge on any atom is 0.119 e. The molecule has 0 saturated heterocycles. The zero-order valence-electron chi connectivity index (χ0n) is 11.6. The molecule has 2 rings (SSSR count). The number of nitrogens with zero attached hydrogens (tertiary/aromatic N) is 2. The van der Waals surface area contributed by atoms with Crippen LogP contribution in [-0.2, 0) is 13.0 Å². The summed E-state index contributed by atoms with van der Waals surface area (Å²) < 4.78 is 7.88. The summed E-state index contributed by atoms with van der Waals surface area (Å²) in [5.41, 5.74) is 6.43. The van der Waals surface area contributed by atoms with Crippen molar-refractivity contribution < 1.29 is 4.74 Å². The molecule has 0 saturated carbocycles. The minimum atomic E-state index is 0.390. The van der Waals surface area contributed by atoms with Crippen LogP contribution in [0.25, 0.3) is 0 Å². The second kappa shape index (κ2) is 7.05. The van der Waals surface area contributed by atoms with Gasteiger partial charge in [-0.25, -0.2) is 4.98 Å². The summed E-state index contributed by atoms with van der Waals surface area (Å²) in [6.45, 7) is 3.68. The van der Waals surface area contributed by atoms with Crippen LogP contribution in [0.3, 0.4) is 0 Å². The Bertz CT molecular complexity index is 580. The second-order valence-corrected chi connectivity index (χ2v) is 4.92. The van der Waals surface area contributed by atoms with Crippen molar-refractivity contribution in [2.45, 2.75) is 26.3 Å². The fourth-order valence-corrected chi connectivity index (χ4v) is 2.15. The number of hydrogen-bond acceptors (Lipinski definition) is 3. The minimum Gasteiger partial charge on any atom is -0.494 e. The Labute approximate surface area is 124 Å². The maximum absolute atomic E-state index is 5.72. The van der Waals surface area contributed by atoms with Crippen LogP contribution in [-0.4, -0.2) is 21.1 Å². The molecule has 0 aliphatic carbocycles. The predicted molar refractivity (Wildman–Crippen MR) is 84.0 cm³/mol. The Morgan fingerprint density at radius 1 is 1.45 bits per heavy atom. The molecule has 20 heavy (non-hydrogen) atoms. The molecule has 4 nitrogen and oxygen atoms in total. The van der Waals surface area contributed by atoms with Crippen molar-refractivity contribution in [3.63, 3.8) is 0 Å². The van der Waals surface area contributed by atoms with Crippen LogP contribution in [0.5, 0.6) is 5.75 Å². The lowest BCUT2D eigenvalue weighted by atomic mass is 10.2. The summed E-state index contributed by atoms with van der Waals surface area (Å²) in [5.74, 6) is 1.91. The molecule has 0 fully saturated rings. The number of thiocarbonyl (C=S) groups is 1. The van der Waals surface area contributed by atoms with Gasteiger partial charge in [-0.1, -0.05) is 31.3 Å². The second-order valence-electron chi connectivity index (χ2n) is 4.48. The van der Waals surface area contributed by atoms with Crippen molar-refractivity contribution >= 4 is 17.2 Å². The fourth-order valence-electron chi connectivity index (χ4n) is 2.02. The number of hydrogen-bond donors (Lipinski definition) is 1. The third-order valence-electron chi connectivity index (χ3n) is 3.05. The van der Waals surface area contributed by atoms with Crippen molar-refractivity contribution in [1.82, 2.24) is 9.55 Å². The van der Waals surface area contributed by atoms with Gasteiger partial charge >= 0.3 is 0 Å². The van der Waals surface area contributed by atoms with Gasteiger partial charge in [0.2, 0.25) is 0 Å². The number of benzene rings is 1. The molecule has 106 valence electrons. The van der Waals surface area contributed by atoms with Gasteiger partial charge in [0.25, 0.3) is 0 Å². The highest BCUT2D eigenvalue weighted by atomic mass is 32.1. The van der Waals surface area contributed by atoms with Crippen LogP contribution in [0.2, 0.25) is 0 Å². The average Bonchev–Trinajstić information content (AvgIpc) is 2.91. The van der Waals surface area contributed by atoms with E-state index in [2.05, 4.69) is 16.5 Å². The molecule has 0 aliphatic heterocycles. The van der Waals surface area contributed by atoms with E-state index in [1.165, 1.54) is 0 Å². The van der Waals surface area contributed by atoms with E-state index in [0.717, 1.165) is 36.5 Å². The van der Waals surface area contributed by atoms with E-state index in [9.17, 15) is 0 Å². The van der Waals surface area contributed by atoms with Crippen LogP contribution in [0.1, 0.15) is 24.7 Å². The summed E-state index contributed by atoms with van der Waals surface area (Å²) in [7, 11) is 0. The first kappa shape index (κ1) is 14.5. The van der Waals surface area contributed by atoms with Crippen molar-refractivity contribution in [1.29, 1.82) is 0 Å². The lowest BCUT2D eigenvalue weighted by Gasteiger charge is -2.09. The van der Waals surface area contributed by atoms with Crippen LogP contribution in [0.15, 0.2) is 36.7 Å². The van der Waals surface area contributed by atoms with Gasteiger partial charge in [0, 0.05) is 30.9 Å².